The van der Waals surface area contributed by atoms with Gasteiger partial charge in [0, 0.05) is 75.2 Å². The Morgan fingerprint density at radius 1 is 1.10 bits per heavy atom. The number of hydrogen-bond acceptors (Lipinski definition) is 9. The number of amides is 1. The van der Waals surface area contributed by atoms with Gasteiger partial charge < -0.3 is 29.9 Å². The van der Waals surface area contributed by atoms with Gasteiger partial charge in [0.05, 0.1) is 53.8 Å². The SMILES string of the molecule is Cn1ccc2c(-c3ncc(Nc4ccc(N5CCCC(O)(CN6CCOCC6)C5)cn4)c4c3CNC4=O)ccnc21. The number of aryl methyl sites for hydroxylation is 1. The molecule has 4 aromatic rings. The van der Waals surface area contributed by atoms with Crippen molar-refractivity contribution in [3.63, 3.8) is 0 Å². The second-order valence-corrected chi connectivity index (χ2v) is 11.2. The van der Waals surface area contributed by atoms with Gasteiger partial charge in [-0.05, 0) is 37.1 Å². The number of carbonyl (C=O) groups is 1. The van der Waals surface area contributed by atoms with Gasteiger partial charge in [0.25, 0.3) is 5.91 Å². The lowest BCUT2D eigenvalue weighted by Crippen LogP contribution is -2.56. The number of nitrogens with zero attached hydrogens (tertiary/aromatic N) is 6. The normalized spacial score (nSPS) is 21.2. The molecule has 3 aliphatic rings. The van der Waals surface area contributed by atoms with Crippen LogP contribution in [0.4, 0.5) is 17.2 Å². The molecule has 11 nitrogen and oxygen atoms in total. The first-order valence-corrected chi connectivity index (χ1v) is 14.2. The molecule has 3 aliphatic heterocycles. The minimum Gasteiger partial charge on any atom is -0.387 e. The molecule has 7 heterocycles. The number of ether oxygens (including phenoxy) is 1. The fraction of sp³-hybridized carbons (Fsp3) is 0.400. The molecule has 0 radical (unpaired) electrons. The molecule has 212 valence electrons. The minimum atomic E-state index is -0.756. The zero-order valence-electron chi connectivity index (χ0n) is 23.1. The summed E-state index contributed by atoms with van der Waals surface area (Å²) in [6, 6.07) is 7.90. The van der Waals surface area contributed by atoms with Gasteiger partial charge in [-0.1, -0.05) is 0 Å². The smallest absolute Gasteiger partial charge is 0.254 e. The first-order valence-electron chi connectivity index (χ1n) is 14.2. The van der Waals surface area contributed by atoms with Gasteiger partial charge in [-0.25, -0.2) is 9.97 Å². The van der Waals surface area contributed by atoms with E-state index in [1.165, 1.54) is 0 Å². The third-order valence-corrected chi connectivity index (χ3v) is 8.41. The van der Waals surface area contributed by atoms with Crippen molar-refractivity contribution in [2.75, 3.05) is 56.2 Å². The third-order valence-electron chi connectivity index (χ3n) is 8.41. The summed E-state index contributed by atoms with van der Waals surface area (Å²) in [5, 5.41) is 18.7. The number of nitrogens with one attached hydrogen (secondary N) is 2. The van der Waals surface area contributed by atoms with Gasteiger partial charge in [-0.3, -0.25) is 14.7 Å². The maximum atomic E-state index is 12.9. The molecule has 4 aromatic heterocycles. The van der Waals surface area contributed by atoms with Crippen LogP contribution in [0.2, 0.25) is 0 Å². The highest BCUT2D eigenvalue weighted by molar-refractivity contribution is 6.06. The number of aromatic nitrogens is 4. The van der Waals surface area contributed by atoms with Crippen LogP contribution in [-0.2, 0) is 18.3 Å². The van der Waals surface area contributed by atoms with Crippen molar-refractivity contribution in [2.45, 2.75) is 25.0 Å². The van der Waals surface area contributed by atoms with E-state index in [4.69, 9.17) is 9.72 Å². The number of pyridine rings is 3. The lowest BCUT2D eigenvalue weighted by Gasteiger charge is -2.43. The molecule has 0 bridgehead atoms. The van der Waals surface area contributed by atoms with Gasteiger partial charge >= 0.3 is 0 Å². The summed E-state index contributed by atoms with van der Waals surface area (Å²) in [6.07, 6.45) is 9.00. The maximum absolute atomic E-state index is 12.9. The molecule has 0 aliphatic carbocycles. The topological polar surface area (TPSA) is 121 Å². The highest BCUT2D eigenvalue weighted by atomic mass is 16.5. The van der Waals surface area contributed by atoms with Crippen LogP contribution in [0, 0.1) is 0 Å². The molecular formula is C30H34N8O3. The summed E-state index contributed by atoms with van der Waals surface area (Å²) in [6.45, 7) is 5.69. The standard InChI is InChI=1S/C30H34N8O3/c1-36-10-6-22-21(5-8-31-28(22)36)27-23-16-34-29(39)26(23)24(17-33-27)35-25-4-3-20(15-32-25)38-9-2-7-30(40,19-38)18-37-11-13-41-14-12-37/h3-6,8,10,15,17,40H,2,7,9,11-14,16,18-19H2,1H3,(H,32,35)(H,34,39). The minimum absolute atomic E-state index is 0.131. The van der Waals surface area contributed by atoms with E-state index >= 15 is 0 Å². The number of aliphatic hydroxyl groups is 1. The molecule has 2 saturated heterocycles. The van der Waals surface area contributed by atoms with E-state index in [1.54, 1.807) is 12.4 Å². The molecule has 3 N–H and O–H groups in total. The average molecular weight is 555 g/mol. The highest BCUT2D eigenvalue weighted by Gasteiger charge is 2.35. The second kappa shape index (κ2) is 10.4. The third kappa shape index (κ3) is 4.90. The summed E-state index contributed by atoms with van der Waals surface area (Å²) in [7, 11) is 1.96. The summed E-state index contributed by atoms with van der Waals surface area (Å²) >= 11 is 0. The van der Waals surface area contributed by atoms with Crippen molar-refractivity contribution in [1.29, 1.82) is 0 Å². The number of morpholine rings is 1. The van der Waals surface area contributed by atoms with E-state index in [1.807, 2.05) is 48.3 Å². The van der Waals surface area contributed by atoms with Crippen molar-refractivity contribution in [3.8, 4) is 11.3 Å². The fourth-order valence-corrected chi connectivity index (χ4v) is 6.36. The first kappa shape index (κ1) is 25.9. The Morgan fingerprint density at radius 3 is 2.80 bits per heavy atom. The van der Waals surface area contributed by atoms with E-state index in [-0.39, 0.29) is 5.91 Å². The monoisotopic (exact) mass is 554 g/mol. The second-order valence-electron chi connectivity index (χ2n) is 11.2. The van der Waals surface area contributed by atoms with Gasteiger partial charge in [-0.15, -0.1) is 0 Å². The van der Waals surface area contributed by atoms with Crippen LogP contribution in [0.25, 0.3) is 22.3 Å². The molecule has 0 spiro atoms. The van der Waals surface area contributed by atoms with Gasteiger partial charge in [-0.2, -0.15) is 0 Å². The van der Waals surface area contributed by atoms with Crippen molar-refractivity contribution >= 4 is 34.1 Å². The molecule has 41 heavy (non-hydrogen) atoms. The van der Waals surface area contributed by atoms with E-state index in [0.717, 1.165) is 79.2 Å². The van der Waals surface area contributed by atoms with Crippen molar-refractivity contribution < 1.29 is 14.6 Å². The molecule has 2 fully saturated rings. The number of β-amino-alcohol motifs (C(OH)–C–C–N with tert-alkyl or cyclic N) is 1. The van der Waals surface area contributed by atoms with Gasteiger partial charge in [0.2, 0.25) is 0 Å². The number of fused-ring (bicyclic) bond motifs is 2. The number of carbonyl (C=O) groups excluding carboxylic acids is 1. The number of rotatable bonds is 6. The average Bonchev–Trinajstić information content (AvgIpc) is 3.57. The van der Waals surface area contributed by atoms with Crippen LogP contribution in [0.3, 0.4) is 0 Å². The van der Waals surface area contributed by atoms with Crippen molar-refractivity contribution in [3.05, 3.63) is 60.2 Å². The molecular weight excluding hydrogens is 520 g/mol. The van der Waals surface area contributed by atoms with Crippen LogP contribution in [0.5, 0.6) is 0 Å². The van der Waals surface area contributed by atoms with Crippen LogP contribution < -0.4 is 15.5 Å². The lowest BCUT2D eigenvalue weighted by atomic mass is 9.91. The Balaban J connectivity index is 1.11. The van der Waals surface area contributed by atoms with Crippen LogP contribution >= 0.6 is 0 Å². The molecule has 7 rings (SSSR count). The predicted molar refractivity (Wildman–Crippen MR) is 156 cm³/mol. The van der Waals surface area contributed by atoms with Crippen LogP contribution in [0.15, 0.2) is 49.1 Å². The fourth-order valence-electron chi connectivity index (χ4n) is 6.36. The quantitative estimate of drug-likeness (QED) is 0.330. The first-order chi connectivity index (χ1) is 20.0. The summed E-state index contributed by atoms with van der Waals surface area (Å²) in [5.41, 5.74) is 4.88. The van der Waals surface area contributed by atoms with Gasteiger partial charge in [0.15, 0.2) is 0 Å². The van der Waals surface area contributed by atoms with Crippen molar-refractivity contribution in [2.24, 2.45) is 7.05 Å². The Hall–Kier alpha value is -4.06. The van der Waals surface area contributed by atoms with Crippen LogP contribution in [0.1, 0.15) is 28.8 Å². The zero-order chi connectivity index (χ0) is 28.0. The largest absolute Gasteiger partial charge is 0.387 e. The lowest BCUT2D eigenvalue weighted by molar-refractivity contribution is -0.0382. The Bertz CT molecular complexity index is 1600. The molecule has 0 aromatic carbocycles. The van der Waals surface area contributed by atoms with Crippen molar-refractivity contribution in [1.82, 2.24) is 29.7 Å². The van der Waals surface area contributed by atoms with E-state index < -0.39 is 5.60 Å². The molecule has 11 heteroatoms. The van der Waals surface area contributed by atoms with E-state index in [0.29, 0.717) is 36.7 Å². The number of hydrogen-bond donors (Lipinski definition) is 3. The summed E-state index contributed by atoms with van der Waals surface area (Å²) < 4.78 is 7.44. The van der Waals surface area contributed by atoms with Crippen LogP contribution in [-0.4, -0.2) is 87.0 Å². The molecule has 1 unspecified atom stereocenters. The molecule has 1 atom stereocenters. The highest BCUT2D eigenvalue weighted by Crippen LogP contribution is 2.36. The Morgan fingerprint density at radius 2 is 1.98 bits per heavy atom. The predicted octanol–water partition coefficient (Wildman–Crippen LogP) is 2.68. The molecule has 0 saturated carbocycles. The summed E-state index contributed by atoms with van der Waals surface area (Å²) in [5.74, 6) is 0.495. The van der Waals surface area contributed by atoms with Gasteiger partial charge in [0.1, 0.15) is 11.5 Å². The van der Waals surface area contributed by atoms with E-state index in [9.17, 15) is 9.90 Å². The molecule has 1 amide bonds. The zero-order valence-corrected chi connectivity index (χ0v) is 23.1. The Labute approximate surface area is 238 Å². The summed E-state index contributed by atoms with van der Waals surface area (Å²) in [4.78, 5) is 31.4. The number of anilines is 3. The maximum Gasteiger partial charge on any atom is 0.254 e. The Kier molecular flexibility index (Phi) is 6.57. The van der Waals surface area contributed by atoms with E-state index in [2.05, 4.69) is 30.4 Å². The number of piperidine rings is 1.